The van der Waals surface area contributed by atoms with Crippen molar-refractivity contribution in [2.45, 2.75) is 77.0 Å². The molecule has 0 aromatic heterocycles. The fourth-order valence-corrected chi connectivity index (χ4v) is 7.03. The van der Waals surface area contributed by atoms with Crippen molar-refractivity contribution in [3.05, 3.63) is 0 Å². The van der Waals surface area contributed by atoms with Crippen molar-refractivity contribution in [1.82, 2.24) is 4.90 Å². The quantitative estimate of drug-likeness (QED) is 0.718. The SMILES string of the molecule is CC(=O)O[C@@H]1[C@@H](OC(C)=O)[C@@H]2C[C@H](C)C[C@]34[C@@H]2CCCN3CCC[C@H]14. The molecule has 0 radical (unpaired) electrons. The third-order valence-electron chi connectivity index (χ3n) is 7.37. The molecule has 2 heterocycles. The monoisotopic (exact) mass is 349 g/mol. The van der Waals surface area contributed by atoms with E-state index in [1.165, 1.54) is 33.1 Å². The summed E-state index contributed by atoms with van der Waals surface area (Å²) < 4.78 is 11.7. The maximum absolute atomic E-state index is 11.9. The van der Waals surface area contributed by atoms with Gasteiger partial charge in [-0.15, -0.1) is 0 Å². The zero-order valence-electron chi connectivity index (χ0n) is 15.7. The summed E-state index contributed by atoms with van der Waals surface area (Å²) in [6.07, 6.45) is 6.38. The highest BCUT2D eigenvalue weighted by atomic mass is 16.6. The summed E-state index contributed by atoms with van der Waals surface area (Å²) in [7, 11) is 0. The Morgan fingerprint density at radius 3 is 2.20 bits per heavy atom. The number of ether oxygens (including phenoxy) is 2. The number of esters is 2. The predicted molar refractivity (Wildman–Crippen MR) is 92.7 cm³/mol. The van der Waals surface area contributed by atoms with Crippen molar-refractivity contribution in [2.75, 3.05) is 13.1 Å². The Labute approximate surface area is 150 Å². The van der Waals surface area contributed by atoms with Gasteiger partial charge in [-0.1, -0.05) is 6.92 Å². The Morgan fingerprint density at radius 1 is 0.960 bits per heavy atom. The average molecular weight is 349 g/mol. The van der Waals surface area contributed by atoms with Crippen molar-refractivity contribution >= 4 is 11.9 Å². The molecule has 1 spiro atoms. The Kier molecular flexibility index (Phi) is 4.33. The Bertz CT molecular complexity index is 562. The van der Waals surface area contributed by atoms with Gasteiger partial charge >= 0.3 is 11.9 Å². The van der Waals surface area contributed by atoms with Gasteiger partial charge in [-0.3, -0.25) is 14.5 Å². The van der Waals surface area contributed by atoms with Crippen LogP contribution in [0.3, 0.4) is 0 Å². The topological polar surface area (TPSA) is 55.8 Å². The van der Waals surface area contributed by atoms with Crippen LogP contribution in [0.15, 0.2) is 0 Å². The minimum atomic E-state index is -0.281. The molecule has 25 heavy (non-hydrogen) atoms. The van der Waals surface area contributed by atoms with Crippen LogP contribution in [0, 0.1) is 23.7 Å². The lowest BCUT2D eigenvalue weighted by Gasteiger charge is -2.68. The molecule has 4 rings (SSSR count). The maximum atomic E-state index is 11.9. The number of carbonyl (C=O) groups excluding carboxylic acids is 2. The van der Waals surface area contributed by atoms with Gasteiger partial charge in [0, 0.05) is 31.2 Å². The van der Waals surface area contributed by atoms with Crippen LogP contribution in [0.25, 0.3) is 0 Å². The highest BCUT2D eigenvalue weighted by Gasteiger charge is 2.66. The second-order valence-electron chi connectivity index (χ2n) is 8.83. The molecule has 0 aromatic rings. The van der Waals surface area contributed by atoms with Crippen LogP contribution < -0.4 is 0 Å². The van der Waals surface area contributed by atoms with Gasteiger partial charge in [-0.05, 0) is 63.5 Å². The first-order valence-electron chi connectivity index (χ1n) is 10.0. The number of hydrogen-bond donors (Lipinski definition) is 0. The van der Waals surface area contributed by atoms with E-state index in [0.717, 1.165) is 32.4 Å². The summed E-state index contributed by atoms with van der Waals surface area (Å²) in [5.41, 5.74) is 0.148. The Hall–Kier alpha value is -1.10. The number of rotatable bonds is 2. The molecule has 0 unspecified atom stereocenters. The molecule has 140 valence electrons. The highest BCUT2D eigenvalue weighted by Crippen LogP contribution is 2.61. The minimum Gasteiger partial charge on any atom is -0.458 e. The van der Waals surface area contributed by atoms with Crippen molar-refractivity contribution in [1.29, 1.82) is 0 Å². The van der Waals surface area contributed by atoms with Crippen LogP contribution in [0.1, 0.15) is 59.3 Å². The molecule has 2 aliphatic heterocycles. The molecule has 2 bridgehead atoms. The minimum absolute atomic E-state index is 0.148. The lowest BCUT2D eigenvalue weighted by atomic mass is 9.47. The zero-order chi connectivity index (χ0) is 17.8. The first-order valence-corrected chi connectivity index (χ1v) is 10.0. The second-order valence-corrected chi connectivity index (χ2v) is 8.83. The van der Waals surface area contributed by atoms with E-state index in [1.807, 2.05) is 0 Å². The van der Waals surface area contributed by atoms with Gasteiger partial charge in [0.1, 0.15) is 12.2 Å². The van der Waals surface area contributed by atoms with Gasteiger partial charge in [0.2, 0.25) is 0 Å². The van der Waals surface area contributed by atoms with Crippen molar-refractivity contribution in [3.63, 3.8) is 0 Å². The number of carbonyl (C=O) groups is 2. The average Bonchev–Trinajstić information content (AvgIpc) is 2.53. The number of piperidine rings is 2. The second kappa shape index (κ2) is 6.26. The number of nitrogens with zero attached hydrogens (tertiary/aromatic N) is 1. The third kappa shape index (κ3) is 2.61. The summed E-state index contributed by atoms with van der Waals surface area (Å²) in [6, 6.07) is 0. The fourth-order valence-electron chi connectivity index (χ4n) is 7.03. The van der Waals surface area contributed by atoms with Crippen molar-refractivity contribution < 1.29 is 19.1 Å². The zero-order valence-corrected chi connectivity index (χ0v) is 15.7. The molecule has 5 heteroatoms. The molecule has 0 aromatic carbocycles. The van der Waals surface area contributed by atoms with E-state index < -0.39 is 0 Å². The molecule has 2 saturated carbocycles. The van der Waals surface area contributed by atoms with E-state index in [4.69, 9.17) is 9.47 Å². The van der Waals surface area contributed by atoms with Gasteiger partial charge in [-0.2, -0.15) is 0 Å². The fraction of sp³-hybridized carbons (Fsp3) is 0.900. The first kappa shape index (κ1) is 17.3. The van der Waals surface area contributed by atoms with Crippen LogP contribution in [-0.4, -0.2) is 47.7 Å². The smallest absolute Gasteiger partial charge is 0.303 e. The van der Waals surface area contributed by atoms with E-state index in [9.17, 15) is 9.59 Å². The van der Waals surface area contributed by atoms with Gasteiger partial charge < -0.3 is 9.47 Å². The van der Waals surface area contributed by atoms with Crippen LogP contribution >= 0.6 is 0 Å². The molecular weight excluding hydrogens is 318 g/mol. The van der Waals surface area contributed by atoms with Gasteiger partial charge in [0.15, 0.2) is 0 Å². The van der Waals surface area contributed by atoms with Crippen LogP contribution in [-0.2, 0) is 19.1 Å². The van der Waals surface area contributed by atoms with Crippen LogP contribution in [0.5, 0.6) is 0 Å². The lowest BCUT2D eigenvalue weighted by Crippen LogP contribution is -2.75. The van der Waals surface area contributed by atoms with Crippen LogP contribution in [0.4, 0.5) is 0 Å². The van der Waals surface area contributed by atoms with Gasteiger partial charge in [-0.25, -0.2) is 0 Å². The van der Waals surface area contributed by atoms with Gasteiger partial charge in [0.25, 0.3) is 0 Å². The maximum Gasteiger partial charge on any atom is 0.303 e. The highest BCUT2D eigenvalue weighted by molar-refractivity contribution is 5.67. The van der Waals surface area contributed by atoms with E-state index in [1.54, 1.807) is 0 Å². The summed E-state index contributed by atoms with van der Waals surface area (Å²) in [6.45, 7) is 7.63. The summed E-state index contributed by atoms with van der Waals surface area (Å²) in [5.74, 6) is 1.29. The predicted octanol–water partition coefficient (Wildman–Crippen LogP) is 2.77. The van der Waals surface area contributed by atoms with E-state index in [-0.39, 0.29) is 29.7 Å². The molecule has 2 aliphatic carbocycles. The molecule has 0 amide bonds. The van der Waals surface area contributed by atoms with E-state index in [2.05, 4.69) is 11.8 Å². The molecule has 5 nitrogen and oxygen atoms in total. The molecule has 4 aliphatic rings. The van der Waals surface area contributed by atoms with Gasteiger partial charge in [0.05, 0.1) is 0 Å². The standard InChI is InChI=1S/C20H31NO4/c1-12-10-15-16-6-4-8-21-9-5-7-17(20(16,21)11-12)19(25-14(3)23)18(15)24-13(2)22/h12,15-19H,4-11H2,1-3H3/t12-,15+,16+,17+,18-,19-,20+/m0/s1. The molecule has 4 fully saturated rings. The third-order valence-corrected chi connectivity index (χ3v) is 7.37. The largest absolute Gasteiger partial charge is 0.458 e. The van der Waals surface area contributed by atoms with E-state index >= 15 is 0 Å². The Balaban J connectivity index is 1.80. The Morgan fingerprint density at radius 2 is 1.56 bits per heavy atom. The first-order chi connectivity index (χ1) is 11.9. The molecule has 2 saturated heterocycles. The summed E-state index contributed by atoms with van der Waals surface area (Å²) in [5, 5.41) is 0. The normalized spacial score (nSPS) is 46.0. The van der Waals surface area contributed by atoms with Crippen molar-refractivity contribution in [3.8, 4) is 0 Å². The molecular formula is C20H31NO4. The summed E-state index contributed by atoms with van der Waals surface area (Å²) >= 11 is 0. The molecule has 7 atom stereocenters. The number of hydrogen-bond acceptors (Lipinski definition) is 5. The molecule has 0 N–H and O–H groups in total. The van der Waals surface area contributed by atoms with Crippen molar-refractivity contribution in [2.24, 2.45) is 23.7 Å². The summed E-state index contributed by atoms with van der Waals surface area (Å²) in [4.78, 5) is 26.4. The lowest BCUT2D eigenvalue weighted by molar-refractivity contribution is -0.248. The van der Waals surface area contributed by atoms with Crippen LogP contribution in [0.2, 0.25) is 0 Å². The van der Waals surface area contributed by atoms with E-state index in [0.29, 0.717) is 23.7 Å².